The molecule has 146 valence electrons. The minimum absolute atomic E-state index is 0.718. The number of nitrogens with zero attached hydrogens (tertiary/aromatic N) is 5. The molecular formula is C22H27N5O. The van der Waals surface area contributed by atoms with E-state index in [0.717, 1.165) is 54.6 Å². The van der Waals surface area contributed by atoms with Gasteiger partial charge in [0.15, 0.2) is 5.82 Å². The Morgan fingerprint density at radius 3 is 2.21 bits per heavy atom. The molecule has 2 aromatic heterocycles. The third-order valence-corrected chi connectivity index (χ3v) is 4.43. The third kappa shape index (κ3) is 5.84. The van der Waals surface area contributed by atoms with Gasteiger partial charge in [0.05, 0.1) is 12.8 Å². The molecule has 0 spiro atoms. The number of likely N-dealkylation sites (N-methyl/N-ethyl adjacent to an activating group) is 1. The van der Waals surface area contributed by atoms with E-state index in [4.69, 9.17) is 4.74 Å². The van der Waals surface area contributed by atoms with E-state index in [2.05, 4.69) is 44.9 Å². The molecule has 6 heteroatoms. The molecule has 1 aromatic carbocycles. The van der Waals surface area contributed by atoms with Crippen molar-refractivity contribution in [2.24, 2.45) is 0 Å². The number of methoxy groups -OCH3 is 1. The summed E-state index contributed by atoms with van der Waals surface area (Å²) in [4.78, 5) is 18.1. The van der Waals surface area contributed by atoms with Crippen LogP contribution in [0.4, 0.5) is 0 Å². The molecule has 0 N–H and O–H groups in total. The zero-order chi connectivity index (χ0) is 19.8. The first-order chi connectivity index (χ1) is 13.6. The number of ether oxygens (including phenoxy) is 1. The second-order valence-electron chi connectivity index (χ2n) is 6.98. The van der Waals surface area contributed by atoms with E-state index in [9.17, 15) is 0 Å². The zero-order valence-electron chi connectivity index (χ0n) is 16.7. The standard InChI is InChI=1S/C22H27N5O/c1-26(2)12-13-27(17-20-6-4-5-11-23-20)16-18-14-24-22(25-15-18)19-7-9-21(28-3)10-8-19/h4-11,14-15H,12-13,16-17H2,1-3H3. The summed E-state index contributed by atoms with van der Waals surface area (Å²) in [6.45, 7) is 3.52. The van der Waals surface area contributed by atoms with Gasteiger partial charge in [0.25, 0.3) is 0 Å². The fourth-order valence-corrected chi connectivity index (χ4v) is 2.86. The number of aromatic nitrogens is 3. The van der Waals surface area contributed by atoms with Crippen molar-refractivity contribution in [3.05, 3.63) is 72.3 Å². The van der Waals surface area contributed by atoms with Gasteiger partial charge in [-0.15, -0.1) is 0 Å². The van der Waals surface area contributed by atoms with Crippen LogP contribution in [0.15, 0.2) is 61.1 Å². The average molecular weight is 377 g/mol. The summed E-state index contributed by atoms with van der Waals surface area (Å²) in [7, 11) is 5.84. The monoisotopic (exact) mass is 377 g/mol. The van der Waals surface area contributed by atoms with Gasteiger partial charge in [-0.3, -0.25) is 9.88 Å². The lowest BCUT2D eigenvalue weighted by molar-refractivity contribution is 0.223. The first-order valence-electron chi connectivity index (χ1n) is 9.36. The van der Waals surface area contributed by atoms with Gasteiger partial charge in [-0.05, 0) is 50.5 Å². The maximum absolute atomic E-state index is 5.20. The lowest BCUT2D eigenvalue weighted by Crippen LogP contribution is -2.31. The summed E-state index contributed by atoms with van der Waals surface area (Å²) in [6, 6.07) is 13.8. The van der Waals surface area contributed by atoms with Crippen LogP contribution in [0.5, 0.6) is 5.75 Å². The summed E-state index contributed by atoms with van der Waals surface area (Å²) in [5.74, 6) is 1.54. The summed E-state index contributed by atoms with van der Waals surface area (Å²) in [5, 5.41) is 0. The Labute approximate surface area is 166 Å². The highest BCUT2D eigenvalue weighted by molar-refractivity contribution is 5.55. The smallest absolute Gasteiger partial charge is 0.159 e. The Morgan fingerprint density at radius 1 is 0.857 bits per heavy atom. The van der Waals surface area contributed by atoms with E-state index in [1.54, 1.807) is 7.11 Å². The van der Waals surface area contributed by atoms with Crippen molar-refractivity contribution in [1.82, 2.24) is 24.8 Å². The quantitative estimate of drug-likeness (QED) is 0.571. The van der Waals surface area contributed by atoms with E-state index in [-0.39, 0.29) is 0 Å². The Morgan fingerprint density at radius 2 is 1.61 bits per heavy atom. The van der Waals surface area contributed by atoms with Crippen molar-refractivity contribution < 1.29 is 4.74 Å². The molecule has 0 aliphatic carbocycles. The molecular weight excluding hydrogens is 350 g/mol. The molecule has 0 unspecified atom stereocenters. The predicted molar refractivity (Wildman–Crippen MR) is 111 cm³/mol. The van der Waals surface area contributed by atoms with Crippen molar-refractivity contribution in [3.8, 4) is 17.1 Å². The van der Waals surface area contributed by atoms with Gasteiger partial charge >= 0.3 is 0 Å². The maximum atomic E-state index is 5.20. The summed E-state index contributed by atoms with van der Waals surface area (Å²) >= 11 is 0. The molecule has 3 aromatic rings. The van der Waals surface area contributed by atoms with Crippen molar-refractivity contribution in [3.63, 3.8) is 0 Å². The van der Waals surface area contributed by atoms with E-state index in [1.807, 2.05) is 55.0 Å². The van der Waals surface area contributed by atoms with Crippen LogP contribution in [-0.2, 0) is 13.1 Å². The Hall–Kier alpha value is -2.83. The SMILES string of the molecule is COc1ccc(-c2ncc(CN(CCN(C)C)Cc3ccccn3)cn2)cc1. The number of hydrogen-bond acceptors (Lipinski definition) is 6. The molecule has 0 radical (unpaired) electrons. The number of pyridine rings is 1. The van der Waals surface area contributed by atoms with Gasteiger partial charge in [0.2, 0.25) is 0 Å². The zero-order valence-corrected chi connectivity index (χ0v) is 16.7. The van der Waals surface area contributed by atoms with Crippen molar-refractivity contribution >= 4 is 0 Å². The average Bonchev–Trinajstić information content (AvgIpc) is 2.73. The van der Waals surface area contributed by atoms with Crippen LogP contribution in [0.1, 0.15) is 11.3 Å². The Balaban J connectivity index is 1.68. The minimum Gasteiger partial charge on any atom is -0.497 e. The van der Waals surface area contributed by atoms with Crippen molar-refractivity contribution in [2.45, 2.75) is 13.1 Å². The fourth-order valence-electron chi connectivity index (χ4n) is 2.86. The van der Waals surface area contributed by atoms with E-state index in [0.29, 0.717) is 0 Å². The van der Waals surface area contributed by atoms with Crippen LogP contribution in [0.3, 0.4) is 0 Å². The highest BCUT2D eigenvalue weighted by Gasteiger charge is 2.10. The van der Waals surface area contributed by atoms with E-state index < -0.39 is 0 Å². The topological polar surface area (TPSA) is 54.4 Å². The first kappa shape index (κ1) is 19.9. The van der Waals surface area contributed by atoms with Gasteiger partial charge in [-0.1, -0.05) is 6.07 Å². The van der Waals surface area contributed by atoms with Gasteiger partial charge in [0.1, 0.15) is 5.75 Å². The largest absolute Gasteiger partial charge is 0.497 e. The van der Waals surface area contributed by atoms with Gasteiger partial charge in [0, 0.05) is 55.9 Å². The van der Waals surface area contributed by atoms with Crippen molar-refractivity contribution in [1.29, 1.82) is 0 Å². The Bertz CT molecular complexity index is 835. The Kier molecular flexibility index (Phi) is 7.06. The number of hydrogen-bond donors (Lipinski definition) is 0. The molecule has 0 aliphatic heterocycles. The van der Waals surface area contributed by atoms with Crippen LogP contribution in [0, 0.1) is 0 Å². The minimum atomic E-state index is 0.718. The lowest BCUT2D eigenvalue weighted by atomic mass is 10.2. The van der Waals surface area contributed by atoms with Crippen LogP contribution in [-0.4, -0.2) is 59.0 Å². The van der Waals surface area contributed by atoms with E-state index >= 15 is 0 Å². The summed E-state index contributed by atoms with van der Waals surface area (Å²) < 4.78 is 5.20. The van der Waals surface area contributed by atoms with Gasteiger partial charge < -0.3 is 9.64 Å². The molecule has 0 atom stereocenters. The normalized spacial score (nSPS) is 11.2. The second-order valence-corrected chi connectivity index (χ2v) is 6.98. The molecule has 6 nitrogen and oxygen atoms in total. The molecule has 28 heavy (non-hydrogen) atoms. The molecule has 0 fully saturated rings. The summed E-state index contributed by atoms with van der Waals surface area (Å²) in [5.41, 5.74) is 3.13. The number of rotatable bonds is 9. The second kappa shape index (κ2) is 9.92. The highest BCUT2D eigenvalue weighted by Crippen LogP contribution is 2.19. The van der Waals surface area contributed by atoms with Gasteiger partial charge in [-0.25, -0.2) is 9.97 Å². The van der Waals surface area contributed by atoms with Crippen molar-refractivity contribution in [2.75, 3.05) is 34.3 Å². The summed E-state index contributed by atoms with van der Waals surface area (Å²) in [6.07, 6.45) is 5.66. The molecule has 0 aliphatic rings. The third-order valence-electron chi connectivity index (χ3n) is 4.43. The first-order valence-corrected chi connectivity index (χ1v) is 9.36. The fraction of sp³-hybridized carbons (Fsp3) is 0.318. The van der Waals surface area contributed by atoms with Crippen LogP contribution < -0.4 is 4.74 Å². The van der Waals surface area contributed by atoms with Crippen LogP contribution in [0.2, 0.25) is 0 Å². The molecule has 0 saturated carbocycles. The number of benzene rings is 1. The predicted octanol–water partition coefficient (Wildman–Crippen LogP) is 3.11. The molecule has 0 bridgehead atoms. The highest BCUT2D eigenvalue weighted by atomic mass is 16.5. The van der Waals surface area contributed by atoms with Crippen LogP contribution >= 0.6 is 0 Å². The lowest BCUT2D eigenvalue weighted by Gasteiger charge is -2.23. The van der Waals surface area contributed by atoms with E-state index in [1.165, 1.54) is 0 Å². The molecule has 0 amide bonds. The maximum Gasteiger partial charge on any atom is 0.159 e. The molecule has 0 saturated heterocycles. The van der Waals surface area contributed by atoms with Crippen LogP contribution in [0.25, 0.3) is 11.4 Å². The van der Waals surface area contributed by atoms with Gasteiger partial charge in [-0.2, -0.15) is 0 Å². The molecule has 2 heterocycles. The molecule has 3 rings (SSSR count).